The molecule has 1 saturated heterocycles. The van der Waals surface area contributed by atoms with Gasteiger partial charge < -0.3 is 19.4 Å². The Bertz CT molecular complexity index is 1050. The lowest BCUT2D eigenvalue weighted by atomic mass is 10.0. The van der Waals surface area contributed by atoms with Crippen LogP contribution in [0.2, 0.25) is 0 Å². The Morgan fingerprint density at radius 1 is 1.35 bits per heavy atom. The highest BCUT2D eigenvalue weighted by Gasteiger charge is 2.33. The molecule has 1 atom stereocenters. The second-order valence-electron chi connectivity index (χ2n) is 7.63. The summed E-state index contributed by atoms with van der Waals surface area (Å²) >= 11 is 1.42. The van der Waals surface area contributed by atoms with Crippen molar-refractivity contribution in [2.24, 2.45) is 0 Å². The van der Waals surface area contributed by atoms with Crippen LogP contribution in [-0.2, 0) is 6.42 Å². The maximum absolute atomic E-state index is 13.4. The van der Waals surface area contributed by atoms with E-state index in [1.807, 2.05) is 43.0 Å². The second kappa shape index (κ2) is 9.51. The van der Waals surface area contributed by atoms with Crippen LogP contribution in [-0.4, -0.2) is 41.0 Å². The van der Waals surface area contributed by atoms with E-state index in [1.165, 1.54) is 11.3 Å². The van der Waals surface area contributed by atoms with Crippen molar-refractivity contribution in [3.05, 3.63) is 58.2 Å². The van der Waals surface area contributed by atoms with Crippen molar-refractivity contribution in [1.82, 2.24) is 14.9 Å². The van der Waals surface area contributed by atoms with E-state index in [9.17, 15) is 4.79 Å². The average Bonchev–Trinajstić information content (AvgIpc) is 3.40. The van der Waals surface area contributed by atoms with E-state index in [1.54, 1.807) is 13.3 Å². The summed E-state index contributed by atoms with van der Waals surface area (Å²) in [6.45, 7) is 5.38. The van der Waals surface area contributed by atoms with Gasteiger partial charge in [-0.25, -0.2) is 9.97 Å². The number of carbonyl (C=O) groups excluding carboxylic acids is 1. The molecule has 1 aromatic carbocycles. The number of methoxy groups -OCH3 is 1. The van der Waals surface area contributed by atoms with Gasteiger partial charge in [0.2, 0.25) is 5.89 Å². The molecular formula is C23H28N4O3S. The number of hydrogen-bond acceptors (Lipinski definition) is 7. The molecule has 0 spiro atoms. The van der Waals surface area contributed by atoms with Crippen molar-refractivity contribution in [1.29, 1.82) is 0 Å². The van der Waals surface area contributed by atoms with Gasteiger partial charge in [0, 0.05) is 25.1 Å². The summed E-state index contributed by atoms with van der Waals surface area (Å²) in [4.78, 5) is 25.0. The molecule has 4 rings (SSSR count). The summed E-state index contributed by atoms with van der Waals surface area (Å²) < 4.78 is 11.6. The summed E-state index contributed by atoms with van der Waals surface area (Å²) in [5.41, 5.74) is 1.81. The number of rotatable bonds is 7. The first kappa shape index (κ1) is 21.4. The van der Waals surface area contributed by atoms with Crippen LogP contribution in [0.15, 0.2) is 34.9 Å². The van der Waals surface area contributed by atoms with Gasteiger partial charge in [-0.15, -0.1) is 0 Å². The van der Waals surface area contributed by atoms with Crippen LogP contribution in [0.25, 0.3) is 0 Å². The molecule has 1 fully saturated rings. The molecule has 1 aliphatic heterocycles. The van der Waals surface area contributed by atoms with Gasteiger partial charge in [0.05, 0.1) is 19.0 Å². The fourth-order valence-corrected chi connectivity index (χ4v) is 4.97. The Kier molecular flexibility index (Phi) is 6.56. The van der Waals surface area contributed by atoms with Crippen LogP contribution < -0.4 is 10.1 Å². The number of aryl methyl sites for hydroxylation is 1. The molecule has 3 aromatic rings. The third-order valence-electron chi connectivity index (χ3n) is 5.50. The molecule has 7 nitrogen and oxygen atoms in total. The smallest absolute Gasteiger partial charge is 0.266 e. The van der Waals surface area contributed by atoms with Crippen LogP contribution in [0.5, 0.6) is 5.75 Å². The number of benzene rings is 1. The van der Waals surface area contributed by atoms with E-state index in [0.29, 0.717) is 23.7 Å². The van der Waals surface area contributed by atoms with Gasteiger partial charge in [0.25, 0.3) is 5.91 Å². The number of oxazole rings is 1. The first-order valence-corrected chi connectivity index (χ1v) is 11.5. The number of amides is 1. The number of ether oxygens (including phenoxy) is 1. The van der Waals surface area contributed by atoms with Gasteiger partial charge in [-0.05, 0) is 39.2 Å². The number of hydrogen-bond donors (Lipinski definition) is 1. The predicted molar refractivity (Wildman–Crippen MR) is 121 cm³/mol. The minimum absolute atomic E-state index is 0.00771. The monoisotopic (exact) mass is 440 g/mol. The molecule has 1 aliphatic rings. The zero-order valence-electron chi connectivity index (χ0n) is 18.2. The number of thiazole rings is 1. The SMILES string of the molecule is CCNc1nc(C)c(C(=O)N2CCCC[C@@H]2c2ncc(Cc3ccccc3OC)o2)s1. The second-order valence-corrected chi connectivity index (χ2v) is 8.63. The lowest BCUT2D eigenvalue weighted by Crippen LogP contribution is -2.38. The molecule has 31 heavy (non-hydrogen) atoms. The number of piperidine rings is 1. The molecule has 3 heterocycles. The third kappa shape index (κ3) is 4.58. The van der Waals surface area contributed by atoms with Crippen LogP contribution in [0, 0.1) is 6.92 Å². The summed E-state index contributed by atoms with van der Waals surface area (Å²) in [5.74, 6) is 2.20. The minimum atomic E-state index is -0.156. The highest BCUT2D eigenvalue weighted by molar-refractivity contribution is 7.17. The topological polar surface area (TPSA) is 80.5 Å². The quantitative estimate of drug-likeness (QED) is 0.566. The van der Waals surface area contributed by atoms with Crippen molar-refractivity contribution in [3.8, 4) is 5.75 Å². The van der Waals surface area contributed by atoms with Gasteiger partial charge in [-0.2, -0.15) is 0 Å². The highest BCUT2D eigenvalue weighted by atomic mass is 32.1. The normalized spacial score (nSPS) is 16.4. The van der Waals surface area contributed by atoms with Gasteiger partial charge in [-0.3, -0.25) is 4.79 Å². The van der Waals surface area contributed by atoms with Crippen molar-refractivity contribution >= 4 is 22.4 Å². The number of aromatic nitrogens is 2. The summed E-state index contributed by atoms with van der Waals surface area (Å²) in [5, 5.41) is 3.99. The third-order valence-corrected chi connectivity index (χ3v) is 6.60. The summed E-state index contributed by atoms with van der Waals surface area (Å²) in [6.07, 6.45) is 5.23. The van der Waals surface area contributed by atoms with E-state index < -0.39 is 0 Å². The number of anilines is 1. The molecule has 0 saturated carbocycles. The predicted octanol–water partition coefficient (Wildman–Crippen LogP) is 4.84. The van der Waals surface area contributed by atoms with Crippen molar-refractivity contribution in [3.63, 3.8) is 0 Å². The molecule has 0 bridgehead atoms. The number of para-hydroxylation sites is 1. The van der Waals surface area contributed by atoms with Gasteiger partial charge >= 0.3 is 0 Å². The Labute approximate surface area is 186 Å². The van der Waals surface area contributed by atoms with Crippen LogP contribution in [0.1, 0.15) is 64.8 Å². The molecule has 1 amide bonds. The molecule has 1 N–H and O–H groups in total. The lowest BCUT2D eigenvalue weighted by Gasteiger charge is -2.33. The van der Waals surface area contributed by atoms with Gasteiger partial charge in [-0.1, -0.05) is 29.5 Å². The molecule has 0 unspecified atom stereocenters. The number of nitrogens with zero attached hydrogens (tertiary/aromatic N) is 3. The fraction of sp³-hybridized carbons (Fsp3) is 0.435. The molecular weight excluding hydrogens is 412 g/mol. The maximum Gasteiger partial charge on any atom is 0.266 e. The van der Waals surface area contributed by atoms with Crippen LogP contribution >= 0.6 is 11.3 Å². The highest BCUT2D eigenvalue weighted by Crippen LogP contribution is 2.34. The van der Waals surface area contributed by atoms with E-state index in [2.05, 4.69) is 15.3 Å². The van der Waals surface area contributed by atoms with Gasteiger partial charge in [0.15, 0.2) is 5.13 Å². The van der Waals surface area contributed by atoms with E-state index in [-0.39, 0.29) is 11.9 Å². The fourth-order valence-electron chi connectivity index (χ4n) is 3.98. The molecule has 0 radical (unpaired) electrons. The number of likely N-dealkylation sites (tertiary alicyclic amines) is 1. The van der Waals surface area contributed by atoms with Crippen LogP contribution in [0.3, 0.4) is 0 Å². The summed E-state index contributed by atoms with van der Waals surface area (Å²) in [6, 6.07) is 7.73. The number of carbonyl (C=O) groups is 1. The first-order valence-electron chi connectivity index (χ1n) is 10.7. The van der Waals surface area contributed by atoms with E-state index in [4.69, 9.17) is 9.15 Å². The Morgan fingerprint density at radius 2 is 2.19 bits per heavy atom. The van der Waals surface area contributed by atoms with E-state index >= 15 is 0 Å². The summed E-state index contributed by atoms with van der Waals surface area (Å²) in [7, 11) is 1.67. The number of nitrogens with one attached hydrogen (secondary N) is 1. The zero-order chi connectivity index (χ0) is 21.8. The van der Waals surface area contributed by atoms with Crippen molar-refractivity contribution < 1.29 is 13.9 Å². The molecule has 164 valence electrons. The van der Waals surface area contributed by atoms with Gasteiger partial charge in [0.1, 0.15) is 22.4 Å². The Balaban J connectivity index is 1.55. The zero-order valence-corrected chi connectivity index (χ0v) is 19.0. The Hall–Kier alpha value is -2.87. The minimum Gasteiger partial charge on any atom is -0.496 e. The van der Waals surface area contributed by atoms with Crippen molar-refractivity contribution in [2.75, 3.05) is 25.5 Å². The van der Waals surface area contributed by atoms with Crippen LogP contribution in [0.4, 0.5) is 5.13 Å². The first-order chi connectivity index (χ1) is 15.1. The molecule has 0 aliphatic carbocycles. The molecule has 2 aromatic heterocycles. The average molecular weight is 441 g/mol. The Morgan fingerprint density at radius 3 is 3.00 bits per heavy atom. The maximum atomic E-state index is 13.4. The largest absolute Gasteiger partial charge is 0.496 e. The lowest BCUT2D eigenvalue weighted by molar-refractivity contribution is 0.0574. The molecule has 8 heteroatoms. The van der Waals surface area contributed by atoms with Crippen molar-refractivity contribution in [2.45, 2.75) is 45.6 Å². The van der Waals surface area contributed by atoms with E-state index in [0.717, 1.165) is 53.7 Å². The standard InChI is InChI=1S/C23H28N4O3S/c1-4-24-23-26-15(2)20(31-23)22(28)27-12-8-7-10-18(27)21-25-14-17(30-21)13-16-9-5-6-11-19(16)29-3/h5-6,9,11,14,18H,4,7-8,10,12-13H2,1-3H3,(H,24,26)/t18-/m1/s1.